The summed E-state index contributed by atoms with van der Waals surface area (Å²) in [6.45, 7) is -0.0711. The second kappa shape index (κ2) is 8.88. The second-order valence-electron chi connectivity index (χ2n) is 6.59. The van der Waals surface area contributed by atoms with Gasteiger partial charge in [0.2, 0.25) is 0 Å². The average Bonchev–Trinajstić information content (AvgIpc) is 3.46. The molecule has 0 unspecified atom stereocenters. The minimum absolute atomic E-state index is 0.0896. The summed E-state index contributed by atoms with van der Waals surface area (Å²) in [4.78, 5) is 19.9. The van der Waals surface area contributed by atoms with Crippen LogP contribution in [0.4, 0.5) is 5.69 Å². The summed E-state index contributed by atoms with van der Waals surface area (Å²) in [5, 5.41) is 23.0. The number of furan rings is 1. The fourth-order valence-electron chi connectivity index (χ4n) is 3.02. The molecule has 2 heterocycles. The maximum Gasteiger partial charge on any atom is 0.340 e. The number of aromatic nitrogens is 2. The van der Waals surface area contributed by atoms with Crippen molar-refractivity contribution < 1.29 is 19.1 Å². The molecule has 4 rings (SSSR count). The lowest BCUT2D eigenvalue weighted by Gasteiger charge is -2.11. The zero-order valence-corrected chi connectivity index (χ0v) is 16.3. The Morgan fingerprint density at radius 3 is 2.74 bits per heavy atom. The zero-order chi connectivity index (χ0) is 21.6. The number of rotatable bonds is 7. The maximum atomic E-state index is 12.6. The molecule has 0 aliphatic rings. The molecule has 8 nitrogen and oxygen atoms in total. The van der Waals surface area contributed by atoms with Gasteiger partial charge in [-0.3, -0.25) is 0 Å². The summed E-state index contributed by atoms with van der Waals surface area (Å²) in [5.74, 6) is -0.113. The van der Waals surface area contributed by atoms with Crippen LogP contribution in [0.3, 0.4) is 0 Å². The number of para-hydroxylation sites is 3. The minimum Gasteiger partial charge on any atom is -0.507 e. The number of carbonyl (C=O) groups excluding carboxylic acids is 1. The molecule has 0 radical (unpaired) electrons. The third-order valence-corrected chi connectivity index (χ3v) is 4.55. The highest BCUT2D eigenvalue weighted by molar-refractivity contribution is 5.95. The molecular formula is C23H18N4O4. The van der Waals surface area contributed by atoms with E-state index in [2.05, 4.69) is 15.3 Å². The van der Waals surface area contributed by atoms with E-state index in [1.54, 1.807) is 42.7 Å². The van der Waals surface area contributed by atoms with Crippen molar-refractivity contribution in [2.45, 2.75) is 6.54 Å². The number of fused-ring (bicyclic) bond motifs is 1. The van der Waals surface area contributed by atoms with Gasteiger partial charge in [-0.25, -0.2) is 9.78 Å². The summed E-state index contributed by atoms with van der Waals surface area (Å²) in [6, 6.07) is 19.6. The highest BCUT2D eigenvalue weighted by Gasteiger charge is 2.17. The van der Waals surface area contributed by atoms with E-state index in [0.29, 0.717) is 29.1 Å². The van der Waals surface area contributed by atoms with Crippen LogP contribution in [0.25, 0.3) is 16.6 Å². The van der Waals surface area contributed by atoms with Crippen LogP contribution >= 0.6 is 0 Å². The number of esters is 1. The Kier molecular flexibility index (Phi) is 5.67. The van der Waals surface area contributed by atoms with Gasteiger partial charge in [-0.05, 0) is 36.4 Å². The van der Waals surface area contributed by atoms with E-state index in [0.717, 1.165) is 5.52 Å². The highest BCUT2D eigenvalue weighted by Crippen LogP contribution is 2.21. The van der Waals surface area contributed by atoms with Crippen molar-refractivity contribution >= 4 is 28.3 Å². The van der Waals surface area contributed by atoms with Gasteiger partial charge in [-0.15, -0.1) is 0 Å². The standard InChI is InChI=1S/C23H18N4O4/c24-12-17(22-26-19-9-3-4-10-20(19)27-22)21(28)14-31-23(29)16-7-1-2-8-18(16)25-13-15-6-5-11-30-15/h1-11,25,28H,13-14H2,(H,26,27)/b21-17-. The number of allylic oxidation sites excluding steroid dienone is 1. The van der Waals surface area contributed by atoms with E-state index >= 15 is 0 Å². The fourth-order valence-corrected chi connectivity index (χ4v) is 3.02. The number of imidazole rings is 1. The lowest BCUT2D eigenvalue weighted by molar-refractivity contribution is 0.0504. The molecule has 4 aromatic rings. The van der Waals surface area contributed by atoms with Crippen molar-refractivity contribution in [3.05, 3.63) is 89.8 Å². The van der Waals surface area contributed by atoms with Crippen LogP contribution in [0.5, 0.6) is 0 Å². The molecule has 0 amide bonds. The van der Waals surface area contributed by atoms with Crippen molar-refractivity contribution in [1.29, 1.82) is 5.26 Å². The third kappa shape index (κ3) is 4.41. The smallest absolute Gasteiger partial charge is 0.340 e. The van der Waals surface area contributed by atoms with Gasteiger partial charge < -0.3 is 24.6 Å². The molecule has 0 bridgehead atoms. The van der Waals surface area contributed by atoms with E-state index in [1.165, 1.54) is 0 Å². The molecule has 0 saturated heterocycles. The van der Waals surface area contributed by atoms with Gasteiger partial charge in [-0.2, -0.15) is 5.26 Å². The number of nitrogens with zero attached hydrogens (tertiary/aromatic N) is 2. The number of hydrogen-bond acceptors (Lipinski definition) is 7. The number of benzene rings is 2. The van der Waals surface area contributed by atoms with Crippen LogP contribution in [0.15, 0.2) is 77.1 Å². The summed E-state index contributed by atoms with van der Waals surface area (Å²) < 4.78 is 10.5. The minimum atomic E-state index is -0.643. The Morgan fingerprint density at radius 2 is 1.97 bits per heavy atom. The van der Waals surface area contributed by atoms with E-state index in [9.17, 15) is 15.2 Å². The lowest BCUT2D eigenvalue weighted by Crippen LogP contribution is -2.12. The number of nitrogens with one attached hydrogen (secondary N) is 2. The molecule has 0 fully saturated rings. The quantitative estimate of drug-likeness (QED) is 0.232. The first-order chi connectivity index (χ1) is 15.2. The molecule has 154 valence electrons. The van der Waals surface area contributed by atoms with Gasteiger partial charge in [-0.1, -0.05) is 24.3 Å². The average molecular weight is 414 g/mol. The maximum absolute atomic E-state index is 12.6. The molecule has 2 aromatic heterocycles. The van der Waals surface area contributed by atoms with Gasteiger partial charge in [0.1, 0.15) is 24.0 Å². The zero-order valence-electron chi connectivity index (χ0n) is 16.3. The Hall–Kier alpha value is -4.51. The third-order valence-electron chi connectivity index (χ3n) is 4.55. The number of H-pyrrole nitrogens is 1. The van der Waals surface area contributed by atoms with E-state index < -0.39 is 18.3 Å². The normalized spacial score (nSPS) is 11.6. The van der Waals surface area contributed by atoms with Crippen molar-refractivity contribution in [3.8, 4) is 6.07 Å². The molecule has 2 aromatic carbocycles. The predicted octanol–water partition coefficient (Wildman–Crippen LogP) is 4.42. The Labute approximate surface area is 177 Å². The van der Waals surface area contributed by atoms with Crippen LogP contribution in [0.1, 0.15) is 21.9 Å². The first-order valence-corrected chi connectivity index (χ1v) is 9.45. The fraction of sp³-hybridized carbons (Fsp3) is 0.0870. The van der Waals surface area contributed by atoms with Crippen LogP contribution < -0.4 is 5.32 Å². The summed E-state index contributed by atoms with van der Waals surface area (Å²) >= 11 is 0. The van der Waals surface area contributed by atoms with Crippen molar-refractivity contribution in [3.63, 3.8) is 0 Å². The molecule has 0 atom stereocenters. The van der Waals surface area contributed by atoms with Gasteiger partial charge in [0, 0.05) is 5.69 Å². The van der Waals surface area contributed by atoms with E-state index in [4.69, 9.17) is 9.15 Å². The van der Waals surface area contributed by atoms with Crippen LogP contribution in [-0.4, -0.2) is 27.7 Å². The topological polar surface area (TPSA) is 124 Å². The molecule has 8 heteroatoms. The van der Waals surface area contributed by atoms with Gasteiger partial charge in [0.25, 0.3) is 0 Å². The van der Waals surface area contributed by atoms with E-state index in [1.807, 2.05) is 30.3 Å². The number of aliphatic hydroxyl groups excluding tert-OH is 1. The Bertz CT molecular complexity index is 1250. The monoisotopic (exact) mass is 414 g/mol. The SMILES string of the molecule is N#C/C(=C(/O)COC(=O)c1ccccc1NCc1ccco1)c1nc2ccccc2[nH]1. The summed E-state index contributed by atoms with van der Waals surface area (Å²) in [6.07, 6.45) is 1.57. The molecule has 0 spiro atoms. The van der Waals surface area contributed by atoms with Crippen LogP contribution in [-0.2, 0) is 11.3 Å². The molecule has 0 aliphatic heterocycles. The lowest BCUT2D eigenvalue weighted by atomic mass is 10.1. The number of hydrogen-bond donors (Lipinski definition) is 3. The van der Waals surface area contributed by atoms with Crippen LogP contribution in [0.2, 0.25) is 0 Å². The van der Waals surface area contributed by atoms with Crippen LogP contribution in [0, 0.1) is 11.3 Å². The highest BCUT2D eigenvalue weighted by atomic mass is 16.5. The largest absolute Gasteiger partial charge is 0.507 e. The number of anilines is 1. The number of ether oxygens (including phenoxy) is 1. The number of nitriles is 1. The van der Waals surface area contributed by atoms with Gasteiger partial charge in [0.05, 0.1) is 29.4 Å². The number of carbonyl (C=O) groups is 1. The molecule has 31 heavy (non-hydrogen) atoms. The molecule has 3 N–H and O–H groups in total. The van der Waals surface area contributed by atoms with Crippen molar-refractivity contribution in [2.75, 3.05) is 11.9 Å². The summed E-state index contributed by atoms with van der Waals surface area (Å²) in [7, 11) is 0. The number of aromatic amines is 1. The van der Waals surface area contributed by atoms with Gasteiger partial charge >= 0.3 is 5.97 Å². The van der Waals surface area contributed by atoms with Crippen molar-refractivity contribution in [1.82, 2.24) is 9.97 Å². The Balaban J connectivity index is 1.48. The van der Waals surface area contributed by atoms with Crippen molar-refractivity contribution in [2.24, 2.45) is 0 Å². The molecule has 0 aliphatic carbocycles. The second-order valence-corrected chi connectivity index (χ2v) is 6.59. The Morgan fingerprint density at radius 1 is 1.16 bits per heavy atom. The number of aliphatic hydroxyl groups is 1. The predicted molar refractivity (Wildman–Crippen MR) is 114 cm³/mol. The van der Waals surface area contributed by atoms with E-state index in [-0.39, 0.29) is 11.4 Å². The molecular weight excluding hydrogens is 396 g/mol. The molecule has 0 saturated carbocycles. The first-order valence-electron chi connectivity index (χ1n) is 9.45. The summed E-state index contributed by atoms with van der Waals surface area (Å²) in [5.41, 5.74) is 2.15. The van der Waals surface area contributed by atoms with Gasteiger partial charge in [0.15, 0.2) is 11.6 Å². The first kappa shape index (κ1) is 19.8.